The quantitative estimate of drug-likeness (QED) is 0.261. The minimum absolute atomic E-state index is 0.209. The van der Waals surface area contributed by atoms with Crippen LogP contribution in [0.2, 0.25) is 5.02 Å². The SMILES string of the molecule is Cc1ccccc1OCc1c(C(=O)Nc2ncc(Cc3ccccc3Cl)s2)oc2ccccc12. The Morgan fingerprint density at radius 1 is 1.06 bits per heavy atom. The summed E-state index contributed by atoms with van der Waals surface area (Å²) in [7, 11) is 0. The molecule has 0 atom stereocenters. The first-order chi connectivity index (χ1) is 16.6. The molecule has 2 heterocycles. The smallest absolute Gasteiger partial charge is 0.293 e. The van der Waals surface area contributed by atoms with Gasteiger partial charge in [0.05, 0.1) is 0 Å². The second-order valence-corrected chi connectivity index (χ2v) is 9.34. The van der Waals surface area contributed by atoms with E-state index >= 15 is 0 Å². The standard InChI is InChI=1S/C27H21ClN2O3S/c1-17-8-2-6-12-23(17)32-16-21-20-10-4-7-13-24(20)33-25(21)26(31)30-27-29-15-19(34-27)14-18-9-3-5-11-22(18)28/h2-13,15H,14,16H2,1H3,(H,29,30,31). The number of amides is 1. The number of ether oxygens (including phenoxy) is 1. The average molecular weight is 489 g/mol. The number of benzene rings is 3. The Labute approximate surface area is 206 Å². The van der Waals surface area contributed by atoms with Crippen LogP contribution in [0.4, 0.5) is 5.13 Å². The van der Waals surface area contributed by atoms with Crippen LogP contribution in [0.3, 0.4) is 0 Å². The molecule has 2 aromatic heterocycles. The zero-order chi connectivity index (χ0) is 23.5. The van der Waals surface area contributed by atoms with E-state index in [1.165, 1.54) is 11.3 Å². The van der Waals surface area contributed by atoms with Gasteiger partial charge in [-0.25, -0.2) is 4.98 Å². The van der Waals surface area contributed by atoms with Crippen LogP contribution in [0.5, 0.6) is 5.75 Å². The Balaban J connectivity index is 1.37. The molecule has 0 aliphatic heterocycles. The molecule has 5 rings (SSSR count). The van der Waals surface area contributed by atoms with Crippen LogP contribution >= 0.6 is 22.9 Å². The molecule has 0 bridgehead atoms. The molecule has 1 amide bonds. The number of nitrogens with one attached hydrogen (secondary N) is 1. The van der Waals surface area contributed by atoms with E-state index in [1.54, 1.807) is 6.20 Å². The number of rotatable bonds is 7. The number of hydrogen-bond acceptors (Lipinski definition) is 5. The zero-order valence-corrected chi connectivity index (χ0v) is 20.0. The van der Waals surface area contributed by atoms with Crippen molar-refractivity contribution in [2.45, 2.75) is 20.0 Å². The summed E-state index contributed by atoms with van der Waals surface area (Å²) in [4.78, 5) is 18.6. The van der Waals surface area contributed by atoms with Crippen molar-refractivity contribution in [1.82, 2.24) is 4.98 Å². The molecule has 0 radical (unpaired) electrons. The molecule has 0 saturated carbocycles. The van der Waals surface area contributed by atoms with Gasteiger partial charge in [0.15, 0.2) is 10.9 Å². The number of para-hydroxylation sites is 2. The minimum Gasteiger partial charge on any atom is -0.488 e. The van der Waals surface area contributed by atoms with Gasteiger partial charge in [-0.3, -0.25) is 10.1 Å². The summed E-state index contributed by atoms with van der Waals surface area (Å²) < 4.78 is 12.0. The molecule has 0 aliphatic rings. The summed E-state index contributed by atoms with van der Waals surface area (Å²) in [5.74, 6) is 0.624. The van der Waals surface area contributed by atoms with Crippen molar-refractivity contribution in [2.75, 3.05) is 5.32 Å². The Morgan fingerprint density at radius 3 is 2.68 bits per heavy atom. The molecule has 0 spiro atoms. The predicted octanol–water partition coefficient (Wildman–Crippen LogP) is 7.27. The number of halogens is 1. The van der Waals surface area contributed by atoms with E-state index in [9.17, 15) is 4.79 Å². The molecule has 0 saturated heterocycles. The van der Waals surface area contributed by atoms with Crippen LogP contribution < -0.4 is 10.1 Å². The molecule has 0 unspecified atom stereocenters. The highest BCUT2D eigenvalue weighted by atomic mass is 35.5. The van der Waals surface area contributed by atoms with Crippen molar-refractivity contribution in [1.29, 1.82) is 0 Å². The molecule has 7 heteroatoms. The van der Waals surface area contributed by atoms with Crippen LogP contribution in [0.15, 0.2) is 83.4 Å². The highest BCUT2D eigenvalue weighted by Gasteiger charge is 2.22. The van der Waals surface area contributed by atoms with Crippen molar-refractivity contribution in [3.63, 3.8) is 0 Å². The fraction of sp³-hybridized carbons (Fsp3) is 0.111. The number of furan rings is 1. The van der Waals surface area contributed by atoms with E-state index in [4.69, 9.17) is 20.8 Å². The van der Waals surface area contributed by atoms with Crippen molar-refractivity contribution in [3.05, 3.63) is 111 Å². The van der Waals surface area contributed by atoms with Crippen molar-refractivity contribution >= 4 is 44.9 Å². The van der Waals surface area contributed by atoms with Gasteiger partial charge < -0.3 is 9.15 Å². The maximum atomic E-state index is 13.2. The number of nitrogens with zero attached hydrogens (tertiary/aromatic N) is 1. The molecule has 34 heavy (non-hydrogen) atoms. The second kappa shape index (κ2) is 9.71. The molecule has 5 aromatic rings. The summed E-state index contributed by atoms with van der Waals surface area (Å²) in [6.07, 6.45) is 2.40. The largest absolute Gasteiger partial charge is 0.488 e. The lowest BCUT2D eigenvalue weighted by Crippen LogP contribution is -2.13. The number of carbonyl (C=O) groups is 1. The van der Waals surface area contributed by atoms with E-state index in [0.29, 0.717) is 27.7 Å². The Bertz CT molecular complexity index is 1470. The van der Waals surface area contributed by atoms with Gasteiger partial charge >= 0.3 is 0 Å². The molecule has 3 aromatic carbocycles. The average Bonchev–Trinajstić information content (AvgIpc) is 3.44. The third kappa shape index (κ3) is 4.69. The van der Waals surface area contributed by atoms with Crippen LogP contribution in [0.25, 0.3) is 11.0 Å². The van der Waals surface area contributed by atoms with E-state index in [1.807, 2.05) is 79.7 Å². The normalized spacial score (nSPS) is 11.0. The third-order valence-corrected chi connectivity index (χ3v) is 6.75. The Kier molecular flexibility index (Phi) is 6.34. The van der Waals surface area contributed by atoms with Crippen molar-refractivity contribution in [3.8, 4) is 5.75 Å². The molecular formula is C27H21ClN2O3S. The molecule has 170 valence electrons. The van der Waals surface area contributed by atoms with Crippen LogP contribution in [-0.4, -0.2) is 10.9 Å². The topological polar surface area (TPSA) is 64.4 Å². The van der Waals surface area contributed by atoms with E-state index in [2.05, 4.69) is 10.3 Å². The maximum absolute atomic E-state index is 13.2. The first-order valence-corrected chi connectivity index (χ1v) is 12.0. The highest BCUT2D eigenvalue weighted by molar-refractivity contribution is 7.15. The predicted molar refractivity (Wildman–Crippen MR) is 136 cm³/mol. The van der Waals surface area contributed by atoms with Crippen LogP contribution in [-0.2, 0) is 13.0 Å². The summed E-state index contributed by atoms with van der Waals surface area (Å²) in [6.45, 7) is 2.19. The monoisotopic (exact) mass is 488 g/mol. The minimum atomic E-state index is -0.363. The molecule has 0 fully saturated rings. The van der Waals surface area contributed by atoms with E-state index < -0.39 is 0 Å². The van der Waals surface area contributed by atoms with Crippen LogP contribution in [0, 0.1) is 6.92 Å². The van der Waals surface area contributed by atoms with E-state index in [0.717, 1.165) is 27.1 Å². The van der Waals surface area contributed by atoms with Gasteiger partial charge in [-0.2, -0.15) is 0 Å². The van der Waals surface area contributed by atoms with Crippen molar-refractivity contribution < 1.29 is 13.9 Å². The van der Waals surface area contributed by atoms with Gasteiger partial charge in [-0.1, -0.05) is 66.2 Å². The summed E-state index contributed by atoms with van der Waals surface area (Å²) >= 11 is 7.69. The lowest BCUT2D eigenvalue weighted by atomic mass is 10.1. The maximum Gasteiger partial charge on any atom is 0.293 e. The van der Waals surface area contributed by atoms with E-state index in [-0.39, 0.29) is 18.3 Å². The second-order valence-electron chi connectivity index (χ2n) is 7.81. The molecule has 1 N–H and O–H groups in total. The van der Waals surface area contributed by atoms with Gasteiger partial charge in [-0.15, -0.1) is 11.3 Å². The number of hydrogen-bond donors (Lipinski definition) is 1. The third-order valence-electron chi connectivity index (χ3n) is 5.47. The fourth-order valence-corrected chi connectivity index (χ4v) is 4.76. The summed E-state index contributed by atoms with van der Waals surface area (Å²) in [5.41, 5.74) is 3.37. The number of fused-ring (bicyclic) bond motifs is 1. The van der Waals surface area contributed by atoms with Gasteiger partial charge in [0.25, 0.3) is 5.91 Å². The van der Waals surface area contributed by atoms with Gasteiger partial charge in [-0.05, 0) is 36.2 Å². The van der Waals surface area contributed by atoms with Crippen molar-refractivity contribution in [2.24, 2.45) is 0 Å². The number of thiazole rings is 1. The van der Waals surface area contributed by atoms with Crippen LogP contribution in [0.1, 0.15) is 32.1 Å². The zero-order valence-electron chi connectivity index (χ0n) is 18.4. The van der Waals surface area contributed by atoms with Gasteiger partial charge in [0.2, 0.25) is 0 Å². The first kappa shape index (κ1) is 22.2. The number of carbonyl (C=O) groups excluding carboxylic acids is 1. The highest BCUT2D eigenvalue weighted by Crippen LogP contribution is 2.30. The molecule has 0 aliphatic carbocycles. The molecular weight excluding hydrogens is 468 g/mol. The fourth-order valence-electron chi connectivity index (χ4n) is 3.72. The van der Waals surface area contributed by atoms with Gasteiger partial charge in [0.1, 0.15) is 17.9 Å². The number of aromatic nitrogens is 1. The molecule has 5 nitrogen and oxygen atoms in total. The number of anilines is 1. The summed E-state index contributed by atoms with van der Waals surface area (Å²) in [5, 5.41) is 4.93. The first-order valence-electron chi connectivity index (χ1n) is 10.8. The lowest BCUT2D eigenvalue weighted by Gasteiger charge is -2.09. The summed E-state index contributed by atoms with van der Waals surface area (Å²) in [6, 6.07) is 23.0. The van der Waals surface area contributed by atoms with Gasteiger partial charge in [0, 0.05) is 33.5 Å². The Hall–Kier alpha value is -3.61. The Morgan fingerprint density at radius 2 is 1.82 bits per heavy atom. The lowest BCUT2D eigenvalue weighted by molar-refractivity contribution is 0.0995. The number of aryl methyl sites for hydroxylation is 1.